The molecule has 0 bridgehead atoms. The molecular formula is C21H14BrN3O3. The molecule has 0 spiro atoms. The Morgan fingerprint density at radius 1 is 0.964 bits per heavy atom. The van der Waals surface area contributed by atoms with Gasteiger partial charge in [0.05, 0.1) is 17.1 Å². The molecular weight excluding hydrogens is 422 g/mol. The van der Waals surface area contributed by atoms with Gasteiger partial charge in [0.25, 0.3) is 5.56 Å². The summed E-state index contributed by atoms with van der Waals surface area (Å²) in [4.78, 5) is 17.7. The standard InChI is InChI=1S/C21H14BrN3O3/c22-15-8-6-14(7-9-15)20-24-17-4-2-1-3-16(17)21(28)25(20)23-12-13-5-10-18(26)19(27)11-13/h1-12,26-27H/b23-12+. The molecule has 2 N–H and O–H groups in total. The Morgan fingerprint density at radius 2 is 1.71 bits per heavy atom. The quantitative estimate of drug-likeness (QED) is 0.374. The normalized spacial score (nSPS) is 11.3. The van der Waals surface area contributed by atoms with E-state index in [0.29, 0.717) is 22.3 Å². The van der Waals surface area contributed by atoms with Crippen LogP contribution in [0.3, 0.4) is 0 Å². The molecule has 0 aliphatic rings. The van der Waals surface area contributed by atoms with Crippen LogP contribution in [0.2, 0.25) is 0 Å². The van der Waals surface area contributed by atoms with E-state index in [2.05, 4.69) is 26.0 Å². The number of para-hydroxylation sites is 1. The van der Waals surface area contributed by atoms with Crippen molar-refractivity contribution in [3.8, 4) is 22.9 Å². The molecule has 0 aliphatic carbocycles. The summed E-state index contributed by atoms with van der Waals surface area (Å²) < 4.78 is 2.14. The van der Waals surface area contributed by atoms with Crippen molar-refractivity contribution in [3.05, 3.63) is 87.1 Å². The van der Waals surface area contributed by atoms with Gasteiger partial charge in [0, 0.05) is 10.0 Å². The Hall–Kier alpha value is -3.45. The molecule has 0 amide bonds. The average molecular weight is 436 g/mol. The highest BCUT2D eigenvalue weighted by Gasteiger charge is 2.12. The number of phenolic OH excluding ortho intramolecular Hbond substituents is 2. The smallest absolute Gasteiger partial charge is 0.282 e. The summed E-state index contributed by atoms with van der Waals surface area (Å²) in [6, 6.07) is 18.8. The van der Waals surface area contributed by atoms with Crippen molar-refractivity contribution >= 4 is 33.0 Å². The van der Waals surface area contributed by atoms with Gasteiger partial charge in [-0.1, -0.05) is 40.2 Å². The lowest BCUT2D eigenvalue weighted by Gasteiger charge is -2.09. The van der Waals surface area contributed by atoms with Gasteiger partial charge in [-0.05, 0) is 48.0 Å². The highest BCUT2D eigenvalue weighted by Crippen LogP contribution is 2.24. The van der Waals surface area contributed by atoms with Gasteiger partial charge in [-0.15, -0.1) is 0 Å². The molecule has 3 aromatic carbocycles. The van der Waals surface area contributed by atoms with E-state index in [-0.39, 0.29) is 17.1 Å². The molecule has 0 atom stereocenters. The van der Waals surface area contributed by atoms with Gasteiger partial charge in [-0.2, -0.15) is 9.78 Å². The Morgan fingerprint density at radius 3 is 2.46 bits per heavy atom. The second-order valence-corrected chi connectivity index (χ2v) is 6.98. The van der Waals surface area contributed by atoms with Crippen LogP contribution in [0, 0.1) is 0 Å². The number of rotatable bonds is 3. The Kier molecular flexibility index (Phi) is 4.67. The molecule has 0 fully saturated rings. The van der Waals surface area contributed by atoms with E-state index in [1.165, 1.54) is 23.0 Å². The number of aromatic nitrogens is 2. The first kappa shape index (κ1) is 17.9. The van der Waals surface area contributed by atoms with Crippen LogP contribution in [-0.2, 0) is 0 Å². The molecule has 0 saturated carbocycles. The summed E-state index contributed by atoms with van der Waals surface area (Å²) in [6.07, 6.45) is 1.43. The fraction of sp³-hybridized carbons (Fsp3) is 0. The summed E-state index contributed by atoms with van der Waals surface area (Å²) in [7, 11) is 0. The van der Waals surface area contributed by atoms with E-state index in [4.69, 9.17) is 0 Å². The zero-order valence-electron chi connectivity index (χ0n) is 14.5. The number of hydrogen-bond acceptors (Lipinski definition) is 5. The first-order valence-corrected chi connectivity index (χ1v) is 9.16. The second kappa shape index (κ2) is 7.28. The van der Waals surface area contributed by atoms with Crippen LogP contribution in [0.1, 0.15) is 5.56 Å². The van der Waals surface area contributed by atoms with Crippen molar-refractivity contribution in [2.75, 3.05) is 0 Å². The van der Waals surface area contributed by atoms with Crippen molar-refractivity contribution < 1.29 is 10.2 Å². The summed E-state index contributed by atoms with van der Waals surface area (Å²) >= 11 is 3.40. The Bertz CT molecular complexity index is 1260. The third-order valence-corrected chi connectivity index (χ3v) is 4.71. The second-order valence-electron chi connectivity index (χ2n) is 6.07. The fourth-order valence-electron chi connectivity index (χ4n) is 2.76. The van der Waals surface area contributed by atoms with Gasteiger partial charge in [-0.3, -0.25) is 4.79 Å². The minimum atomic E-state index is -0.303. The van der Waals surface area contributed by atoms with Crippen molar-refractivity contribution in [1.82, 2.24) is 9.66 Å². The van der Waals surface area contributed by atoms with Crippen LogP contribution in [-0.4, -0.2) is 26.1 Å². The zero-order chi connectivity index (χ0) is 19.7. The summed E-state index contributed by atoms with van der Waals surface area (Å²) in [6.45, 7) is 0. The van der Waals surface area contributed by atoms with E-state index in [0.717, 1.165) is 10.0 Å². The summed E-state index contributed by atoms with van der Waals surface area (Å²) in [5, 5.41) is 23.9. The maximum Gasteiger partial charge on any atom is 0.282 e. The average Bonchev–Trinajstić information content (AvgIpc) is 2.70. The maximum absolute atomic E-state index is 13.0. The first-order chi connectivity index (χ1) is 13.5. The molecule has 4 rings (SSSR count). The molecule has 1 aromatic heterocycles. The minimum absolute atomic E-state index is 0.225. The van der Waals surface area contributed by atoms with Gasteiger partial charge >= 0.3 is 0 Å². The third-order valence-electron chi connectivity index (χ3n) is 4.18. The molecule has 28 heavy (non-hydrogen) atoms. The number of hydrogen-bond donors (Lipinski definition) is 2. The van der Waals surface area contributed by atoms with Crippen molar-refractivity contribution in [3.63, 3.8) is 0 Å². The lowest BCUT2D eigenvalue weighted by Crippen LogP contribution is -2.20. The molecule has 138 valence electrons. The zero-order valence-corrected chi connectivity index (χ0v) is 16.0. The molecule has 7 heteroatoms. The van der Waals surface area contributed by atoms with Gasteiger partial charge in [0.1, 0.15) is 0 Å². The molecule has 1 heterocycles. The van der Waals surface area contributed by atoms with Crippen molar-refractivity contribution in [2.45, 2.75) is 0 Å². The molecule has 6 nitrogen and oxygen atoms in total. The molecule has 0 radical (unpaired) electrons. The van der Waals surface area contributed by atoms with Crippen LogP contribution in [0.15, 0.2) is 81.1 Å². The molecule has 0 aliphatic heterocycles. The number of halogens is 1. The van der Waals surface area contributed by atoms with Gasteiger partial charge in [0.2, 0.25) is 0 Å². The number of fused-ring (bicyclic) bond motifs is 1. The van der Waals surface area contributed by atoms with Crippen LogP contribution < -0.4 is 5.56 Å². The number of nitrogens with zero attached hydrogens (tertiary/aromatic N) is 3. The Balaban J connectivity index is 1.92. The van der Waals surface area contributed by atoms with Gasteiger partial charge in [0.15, 0.2) is 17.3 Å². The fourth-order valence-corrected chi connectivity index (χ4v) is 3.03. The summed E-state index contributed by atoms with van der Waals surface area (Å²) in [5.41, 5.74) is 1.54. The van der Waals surface area contributed by atoms with E-state index < -0.39 is 0 Å². The monoisotopic (exact) mass is 435 g/mol. The van der Waals surface area contributed by atoms with Crippen LogP contribution in [0.5, 0.6) is 11.5 Å². The third kappa shape index (κ3) is 3.39. The molecule has 0 saturated heterocycles. The lowest BCUT2D eigenvalue weighted by atomic mass is 10.2. The summed E-state index contributed by atoms with van der Waals surface area (Å²) in [5.74, 6) is -0.0891. The van der Waals surface area contributed by atoms with E-state index in [1.807, 2.05) is 30.3 Å². The highest BCUT2D eigenvalue weighted by molar-refractivity contribution is 9.10. The first-order valence-electron chi connectivity index (χ1n) is 8.37. The van der Waals surface area contributed by atoms with E-state index in [9.17, 15) is 15.0 Å². The molecule has 0 unspecified atom stereocenters. The predicted octanol–water partition coefficient (Wildman–Crippen LogP) is 4.12. The number of benzene rings is 3. The Labute approximate surface area is 168 Å². The van der Waals surface area contributed by atoms with Crippen LogP contribution in [0.25, 0.3) is 22.3 Å². The number of aromatic hydroxyl groups is 2. The van der Waals surface area contributed by atoms with Crippen LogP contribution in [0.4, 0.5) is 0 Å². The topological polar surface area (TPSA) is 87.7 Å². The van der Waals surface area contributed by atoms with E-state index >= 15 is 0 Å². The molecule has 4 aromatic rings. The van der Waals surface area contributed by atoms with Crippen molar-refractivity contribution in [2.24, 2.45) is 5.10 Å². The lowest BCUT2D eigenvalue weighted by molar-refractivity contribution is 0.403. The van der Waals surface area contributed by atoms with Crippen molar-refractivity contribution in [1.29, 1.82) is 0 Å². The predicted molar refractivity (Wildman–Crippen MR) is 112 cm³/mol. The maximum atomic E-state index is 13.0. The largest absolute Gasteiger partial charge is 0.504 e. The SMILES string of the molecule is O=c1c2ccccc2nc(-c2ccc(Br)cc2)n1/N=C/c1ccc(O)c(O)c1. The highest BCUT2D eigenvalue weighted by atomic mass is 79.9. The van der Waals surface area contributed by atoms with E-state index in [1.54, 1.807) is 24.3 Å². The number of phenols is 2. The minimum Gasteiger partial charge on any atom is -0.504 e. The van der Waals surface area contributed by atoms with Crippen LogP contribution >= 0.6 is 15.9 Å². The van der Waals surface area contributed by atoms with Gasteiger partial charge in [-0.25, -0.2) is 4.98 Å². The van der Waals surface area contributed by atoms with Gasteiger partial charge < -0.3 is 10.2 Å².